The van der Waals surface area contributed by atoms with Crippen molar-refractivity contribution < 1.29 is 23.1 Å². The van der Waals surface area contributed by atoms with Crippen LogP contribution in [0.15, 0.2) is 18.3 Å². The topological polar surface area (TPSA) is 53.4 Å². The molecule has 1 N–H and O–H groups in total. The standard InChI is InChI=1S/C14H17F3N2O2/c15-14(16,17)10-5-6-12(18-9-10)13(21)19(7-8-20)11-3-1-2-4-11/h5-6,9,11,20H,1-4,7-8H2. The largest absolute Gasteiger partial charge is 0.417 e. The van der Waals surface area contributed by atoms with E-state index in [1.165, 1.54) is 4.90 Å². The van der Waals surface area contributed by atoms with Crippen molar-refractivity contribution in [3.05, 3.63) is 29.6 Å². The van der Waals surface area contributed by atoms with E-state index in [-0.39, 0.29) is 24.9 Å². The van der Waals surface area contributed by atoms with Crippen molar-refractivity contribution in [3.63, 3.8) is 0 Å². The molecule has 1 aromatic heterocycles. The quantitative estimate of drug-likeness (QED) is 0.929. The highest BCUT2D eigenvalue weighted by molar-refractivity contribution is 5.92. The van der Waals surface area contributed by atoms with E-state index in [9.17, 15) is 18.0 Å². The van der Waals surface area contributed by atoms with Gasteiger partial charge in [0.25, 0.3) is 5.91 Å². The van der Waals surface area contributed by atoms with Crippen LogP contribution in [0.2, 0.25) is 0 Å². The molecule has 0 saturated heterocycles. The Kier molecular flexibility index (Phi) is 4.82. The zero-order valence-electron chi connectivity index (χ0n) is 11.4. The number of aromatic nitrogens is 1. The van der Waals surface area contributed by atoms with Crippen LogP contribution in [0.4, 0.5) is 13.2 Å². The molecule has 1 amide bonds. The summed E-state index contributed by atoms with van der Waals surface area (Å²) in [4.78, 5) is 17.5. The predicted molar refractivity (Wildman–Crippen MR) is 69.6 cm³/mol. The first-order valence-electron chi connectivity index (χ1n) is 6.88. The fourth-order valence-corrected chi connectivity index (χ4v) is 2.61. The lowest BCUT2D eigenvalue weighted by molar-refractivity contribution is -0.137. The van der Waals surface area contributed by atoms with Gasteiger partial charge in [-0.3, -0.25) is 9.78 Å². The molecule has 1 aromatic rings. The van der Waals surface area contributed by atoms with Gasteiger partial charge in [0.15, 0.2) is 0 Å². The maximum atomic E-state index is 12.5. The summed E-state index contributed by atoms with van der Waals surface area (Å²) in [5.41, 5.74) is -0.906. The molecule has 0 radical (unpaired) electrons. The molecule has 7 heteroatoms. The van der Waals surface area contributed by atoms with Crippen molar-refractivity contribution in [1.82, 2.24) is 9.88 Å². The summed E-state index contributed by atoms with van der Waals surface area (Å²) in [7, 11) is 0. The van der Waals surface area contributed by atoms with Crippen LogP contribution >= 0.6 is 0 Å². The summed E-state index contributed by atoms with van der Waals surface area (Å²) in [6.07, 6.45) is -0.0663. The van der Waals surface area contributed by atoms with Crippen LogP contribution in [0.25, 0.3) is 0 Å². The Hall–Kier alpha value is -1.63. The average molecular weight is 302 g/mol. The SMILES string of the molecule is O=C(c1ccc(C(F)(F)F)cn1)N(CCO)C1CCCC1. The Labute approximate surface area is 120 Å². The monoisotopic (exact) mass is 302 g/mol. The number of carbonyl (C=O) groups is 1. The Morgan fingerprint density at radius 1 is 1.33 bits per heavy atom. The molecule has 116 valence electrons. The van der Waals surface area contributed by atoms with E-state index in [2.05, 4.69) is 4.98 Å². The third-order valence-corrected chi connectivity index (χ3v) is 3.68. The van der Waals surface area contributed by atoms with E-state index in [1.54, 1.807) is 0 Å². The van der Waals surface area contributed by atoms with E-state index in [0.29, 0.717) is 6.20 Å². The van der Waals surface area contributed by atoms with Crippen LogP contribution in [-0.2, 0) is 6.18 Å². The first-order valence-corrected chi connectivity index (χ1v) is 6.88. The molecule has 0 bridgehead atoms. The van der Waals surface area contributed by atoms with Gasteiger partial charge in [-0.1, -0.05) is 12.8 Å². The molecule has 21 heavy (non-hydrogen) atoms. The smallest absolute Gasteiger partial charge is 0.395 e. The maximum Gasteiger partial charge on any atom is 0.417 e. The molecule has 0 unspecified atom stereocenters. The first kappa shape index (κ1) is 15.8. The molecule has 1 heterocycles. The van der Waals surface area contributed by atoms with Crippen molar-refractivity contribution in [1.29, 1.82) is 0 Å². The fourth-order valence-electron chi connectivity index (χ4n) is 2.61. The molecule has 1 aliphatic carbocycles. The van der Waals surface area contributed by atoms with Gasteiger partial charge >= 0.3 is 6.18 Å². The average Bonchev–Trinajstić information content (AvgIpc) is 2.97. The number of aliphatic hydroxyl groups is 1. The Bertz CT molecular complexity index is 482. The van der Waals surface area contributed by atoms with Gasteiger partial charge < -0.3 is 10.0 Å². The second-order valence-electron chi connectivity index (χ2n) is 5.09. The van der Waals surface area contributed by atoms with Gasteiger partial charge in [-0.25, -0.2) is 0 Å². The van der Waals surface area contributed by atoms with Crippen molar-refractivity contribution in [3.8, 4) is 0 Å². The molecule has 2 rings (SSSR count). The number of aliphatic hydroxyl groups excluding tert-OH is 1. The molecule has 1 aliphatic rings. The zero-order chi connectivity index (χ0) is 15.5. The molecule has 0 aliphatic heterocycles. The molecule has 0 spiro atoms. The highest BCUT2D eigenvalue weighted by atomic mass is 19.4. The Balaban J connectivity index is 2.16. The van der Waals surface area contributed by atoms with E-state index in [0.717, 1.165) is 37.8 Å². The van der Waals surface area contributed by atoms with Gasteiger partial charge in [0.1, 0.15) is 5.69 Å². The molecular weight excluding hydrogens is 285 g/mol. The van der Waals surface area contributed by atoms with Crippen molar-refractivity contribution in [2.24, 2.45) is 0 Å². The van der Waals surface area contributed by atoms with Crippen molar-refractivity contribution in [2.75, 3.05) is 13.2 Å². The van der Waals surface area contributed by atoms with E-state index >= 15 is 0 Å². The second-order valence-corrected chi connectivity index (χ2v) is 5.09. The second kappa shape index (κ2) is 6.43. The zero-order valence-corrected chi connectivity index (χ0v) is 11.4. The summed E-state index contributed by atoms with van der Waals surface area (Å²) in [6.45, 7) is -0.00488. The molecule has 0 atom stereocenters. The normalized spacial score (nSPS) is 16.2. The summed E-state index contributed by atoms with van der Waals surface area (Å²) in [6, 6.07) is 1.98. The number of nitrogens with zero attached hydrogens (tertiary/aromatic N) is 2. The number of rotatable bonds is 4. The lowest BCUT2D eigenvalue weighted by Gasteiger charge is -2.28. The third-order valence-electron chi connectivity index (χ3n) is 3.68. The van der Waals surface area contributed by atoms with E-state index in [1.807, 2.05) is 0 Å². The van der Waals surface area contributed by atoms with E-state index < -0.39 is 17.6 Å². The Morgan fingerprint density at radius 2 is 2.00 bits per heavy atom. The van der Waals surface area contributed by atoms with Crippen LogP contribution in [0.5, 0.6) is 0 Å². The minimum atomic E-state index is -4.47. The number of halogens is 3. The number of pyridine rings is 1. The van der Waals surface area contributed by atoms with E-state index in [4.69, 9.17) is 5.11 Å². The summed E-state index contributed by atoms with van der Waals surface area (Å²) in [5, 5.41) is 9.08. The van der Waals surface area contributed by atoms with Gasteiger partial charge in [-0.15, -0.1) is 0 Å². The number of hydrogen-bond acceptors (Lipinski definition) is 3. The highest BCUT2D eigenvalue weighted by Crippen LogP contribution is 2.29. The van der Waals surface area contributed by atoms with Gasteiger partial charge in [0.2, 0.25) is 0 Å². The van der Waals surface area contributed by atoms with Gasteiger partial charge in [0, 0.05) is 18.8 Å². The van der Waals surface area contributed by atoms with Crippen molar-refractivity contribution in [2.45, 2.75) is 37.9 Å². The van der Waals surface area contributed by atoms with Crippen LogP contribution in [-0.4, -0.2) is 40.1 Å². The number of hydrogen-bond donors (Lipinski definition) is 1. The summed E-state index contributed by atoms with van der Waals surface area (Å²) >= 11 is 0. The van der Waals surface area contributed by atoms with Crippen LogP contribution in [0, 0.1) is 0 Å². The lowest BCUT2D eigenvalue weighted by Crippen LogP contribution is -2.41. The molecule has 1 fully saturated rings. The highest BCUT2D eigenvalue weighted by Gasteiger charge is 2.32. The summed E-state index contributed by atoms with van der Waals surface area (Å²) in [5.74, 6) is -0.426. The minimum Gasteiger partial charge on any atom is -0.395 e. The number of carbonyl (C=O) groups excluding carboxylic acids is 1. The lowest BCUT2D eigenvalue weighted by atomic mass is 10.1. The molecule has 4 nitrogen and oxygen atoms in total. The van der Waals surface area contributed by atoms with Gasteiger partial charge in [-0.2, -0.15) is 13.2 Å². The predicted octanol–water partition coefficient (Wildman–Crippen LogP) is 2.48. The fraction of sp³-hybridized carbons (Fsp3) is 0.571. The van der Waals surface area contributed by atoms with Crippen molar-refractivity contribution >= 4 is 5.91 Å². The van der Waals surface area contributed by atoms with Crippen LogP contribution < -0.4 is 0 Å². The van der Waals surface area contributed by atoms with Gasteiger partial charge in [-0.05, 0) is 25.0 Å². The molecular formula is C14H17F3N2O2. The maximum absolute atomic E-state index is 12.5. The molecule has 0 aromatic carbocycles. The summed E-state index contributed by atoms with van der Waals surface area (Å²) < 4.78 is 37.4. The van der Waals surface area contributed by atoms with Crippen LogP contribution in [0.1, 0.15) is 41.7 Å². The van der Waals surface area contributed by atoms with Crippen LogP contribution in [0.3, 0.4) is 0 Å². The number of amides is 1. The number of alkyl halides is 3. The first-order chi connectivity index (χ1) is 9.93. The third kappa shape index (κ3) is 3.72. The minimum absolute atomic E-state index is 0.0247. The Morgan fingerprint density at radius 3 is 2.48 bits per heavy atom. The molecule has 1 saturated carbocycles. The van der Waals surface area contributed by atoms with Gasteiger partial charge in [0.05, 0.1) is 12.2 Å².